The molecule has 1 aliphatic carbocycles. The molecular formula is C30H36F5N7O2. The molecule has 14 heteroatoms. The summed E-state index contributed by atoms with van der Waals surface area (Å²) in [5.74, 6) is -2.47. The van der Waals surface area contributed by atoms with Crippen molar-refractivity contribution >= 4 is 22.4 Å². The number of nitrogens with two attached hydrogens (primary N) is 1. The standard InChI is InChI=1S/C30H36F5N7O2/c1-6-17-12-38-26-20-25(40-28(41-26)43-14-29(8-9-29)13-42(4)5)23(32)24(39-27(20)44-15(2)7-10-37-17)18-11-19(36)22(31)16(3)21(18)30(33,34)35/h6,11,15,37H,7-10,12-14,36H2,1-5H3,(H,38,40,41)/b17-6-/t15-/m0/s1. The molecule has 0 spiro atoms. The number of hydrogen-bond donors (Lipinski definition) is 3. The molecular weight excluding hydrogens is 585 g/mol. The highest BCUT2D eigenvalue weighted by molar-refractivity contribution is 5.96. The van der Waals surface area contributed by atoms with Gasteiger partial charge in [0.15, 0.2) is 5.82 Å². The van der Waals surface area contributed by atoms with Crippen LogP contribution in [0.1, 0.15) is 44.2 Å². The fourth-order valence-electron chi connectivity index (χ4n) is 5.49. The minimum absolute atomic E-state index is 0.0394. The van der Waals surface area contributed by atoms with E-state index in [9.17, 15) is 17.6 Å². The Hall–Kier alpha value is -3.94. The Bertz CT molecular complexity index is 1610. The third-order valence-electron chi connectivity index (χ3n) is 7.92. The second-order valence-electron chi connectivity index (χ2n) is 11.8. The number of nitrogen functional groups attached to an aromatic ring is 1. The van der Waals surface area contributed by atoms with Crippen LogP contribution in [0.25, 0.3) is 22.2 Å². The van der Waals surface area contributed by atoms with Crippen LogP contribution in [0.2, 0.25) is 0 Å². The van der Waals surface area contributed by atoms with Gasteiger partial charge in [-0.25, -0.2) is 13.8 Å². The van der Waals surface area contributed by atoms with Gasteiger partial charge in [-0.05, 0) is 59.3 Å². The molecule has 44 heavy (non-hydrogen) atoms. The first-order valence-corrected chi connectivity index (χ1v) is 14.4. The number of aromatic nitrogens is 3. The van der Waals surface area contributed by atoms with E-state index >= 15 is 4.39 Å². The van der Waals surface area contributed by atoms with E-state index in [4.69, 9.17) is 15.2 Å². The van der Waals surface area contributed by atoms with Crippen molar-refractivity contribution in [2.45, 2.75) is 52.3 Å². The van der Waals surface area contributed by atoms with Crippen molar-refractivity contribution in [2.75, 3.05) is 51.4 Å². The van der Waals surface area contributed by atoms with Crippen molar-refractivity contribution in [3.8, 4) is 23.1 Å². The molecule has 5 rings (SSSR count). The van der Waals surface area contributed by atoms with Crippen LogP contribution in [0.15, 0.2) is 17.8 Å². The average molecular weight is 622 g/mol. The molecule has 3 heterocycles. The molecule has 9 nitrogen and oxygen atoms in total. The van der Waals surface area contributed by atoms with Gasteiger partial charge in [0.25, 0.3) is 0 Å². The van der Waals surface area contributed by atoms with Crippen molar-refractivity contribution in [3.63, 3.8) is 0 Å². The zero-order valence-electron chi connectivity index (χ0n) is 25.3. The quantitative estimate of drug-likeness (QED) is 0.237. The van der Waals surface area contributed by atoms with Gasteiger partial charge in [0, 0.05) is 36.2 Å². The Morgan fingerprint density at radius 2 is 1.89 bits per heavy atom. The smallest absolute Gasteiger partial charge is 0.417 e. The van der Waals surface area contributed by atoms with E-state index in [1.165, 1.54) is 0 Å². The Morgan fingerprint density at radius 1 is 1.16 bits per heavy atom. The molecule has 0 radical (unpaired) electrons. The summed E-state index contributed by atoms with van der Waals surface area (Å²) in [6, 6.07) is 0.581. The number of halogens is 5. The van der Waals surface area contributed by atoms with Crippen LogP contribution in [0.5, 0.6) is 11.9 Å². The maximum absolute atomic E-state index is 16.6. The average Bonchev–Trinajstić information content (AvgIpc) is 3.71. The number of alkyl halides is 3. The minimum atomic E-state index is -5.05. The summed E-state index contributed by atoms with van der Waals surface area (Å²) in [5, 5.41) is 6.51. The topological polar surface area (TPSA) is 110 Å². The summed E-state index contributed by atoms with van der Waals surface area (Å²) in [6.45, 7) is 6.40. The lowest BCUT2D eigenvalue weighted by molar-refractivity contribution is -0.137. The predicted octanol–water partition coefficient (Wildman–Crippen LogP) is 5.68. The van der Waals surface area contributed by atoms with Gasteiger partial charge >= 0.3 is 12.2 Å². The number of pyridine rings is 1. The normalized spacial score (nSPS) is 19.2. The van der Waals surface area contributed by atoms with Crippen LogP contribution in [-0.2, 0) is 6.18 Å². The SMILES string of the molecule is C/C=C1/CNc2nc(OCC3(CN(C)C)CC3)nc3c(F)c(-c4cc(N)c(F)c(C)c4C(F)(F)F)nc(c23)O[C@@H](C)CCN1. The summed E-state index contributed by atoms with van der Waals surface area (Å²) >= 11 is 0. The van der Waals surface area contributed by atoms with Crippen LogP contribution < -0.4 is 25.8 Å². The molecule has 0 saturated heterocycles. The van der Waals surface area contributed by atoms with Gasteiger partial charge < -0.3 is 30.7 Å². The van der Waals surface area contributed by atoms with Crippen molar-refractivity contribution in [2.24, 2.45) is 5.41 Å². The fraction of sp³-hybridized carbons (Fsp3) is 0.500. The molecule has 4 N–H and O–H groups in total. The van der Waals surface area contributed by atoms with Gasteiger partial charge in [0.05, 0.1) is 30.5 Å². The Morgan fingerprint density at radius 3 is 2.52 bits per heavy atom. The molecule has 0 bridgehead atoms. The third kappa shape index (κ3) is 6.30. The molecule has 0 unspecified atom stereocenters. The number of ether oxygens (including phenoxy) is 2. The van der Waals surface area contributed by atoms with Crippen molar-refractivity contribution in [3.05, 3.63) is 40.6 Å². The monoisotopic (exact) mass is 621 g/mol. The second kappa shape index (κ2) is 11.9. The van der Waals surface area contributed by atoms with Crippen molar-refractivity contribution in [1.29, 1.82) is 0 Å². The second-order valence-corrected chi connectivity index (χ2v) is 11.8. The molecule has 0 amide bonds. The van der Waals surface area contributed by atoms with Crippen LogP contribution in [0, 0.1) is 24.0 Å². The Balaban J connectivity index is 1.75. The number of anilines is 2. The van der Waals surface area contributed by atoms with Crippen LogP contribution in [0.3, 0.4) is 0 Å². The van der Waals surface area contributed by atoms with Gasteiger partial charge in [0.1, 0.15) is 28.2 Å². The van der Waals surface area contributed by atoms with E-state index in [1.54, 1.807) is 6.92 Å². The molecule has 1 aliphatic heterocycles. The van der Waals surface area contributed by atoms with Crippen LogP contribution in [0.4, 0.5) is 33.5 Å². The number of benzene rings is 1. The van der Waals surface area contributed by atoms with E-state index in [1.807, 2.05) is 27.1 Å². The van der Waals surface area contributed by atoms with Gasteiger partial charge in [-0.1, -0.05) is 6.08 Å². The molecule has 2 aliphatic rings. The molecule has 1 saturated carbocycles. The molecule has 2 aromatic heterocycles. The third-order valence-corrected chi connectivity index (χ3v) is 7.92. The molecule has 1 fully saturated rings. The van der Waals surface area contributed by atoms with E-state index < -0.39 is 52.0 Å². The van der Waals surface area contributed by atoms with E-state index in [-0.39, 0.29) is 47.2 Å². The molecule has 1 atom stereocenters. The van der Waals surface area contributed by atoms with Gasteiger partial charge in [0.2, 0.25) is 5.88 Å². The van der Waals surface area contributed by atoms with E-state index in [2.05, 4.69) is 30.5 Å². The highest BCUT2D eigenvalue weighted by atomic mass is 19.4. The van der Waals surface area contributed by atoms with E-state index in [0.29, 0.717) is 13.0 Å². The number of rotatable bonds is 6. The number of nitrogens with one attached hydrogen (secondary N) is 2. The first kappa shape index (κ1) is 31.5. The maximum atomic E-state index is 16.6. The summed E-state index contributed by atoms with van der Waals surface area (Å²) < 4.78 is 86.2. The summed E-state index contributed by atoms with van der Waals surface area (Å²) in [5.41, 5.74) is 1.91. The largest absolute Gasteiger partial charge is 0.474 e. The first-order valence-electron chi connectivity index (χ1n) is 14.4. The Labute approximate surface area is 252 Å². The molecule has 238 valence electrons. The highest BCUT2D eigenvalue weighted by Gasteiger charge is 2.44. The predicted molar refractivity (Wildman–Crippen MR) is 158 cm³/mol. The summed E-state index contributed by atoms with van der Waals surface area (Å²) in [4.78, 5) is 15.2. The van der Waals surface area contributed by atoms with Gasteiger partial charge in [-0.3, -0.25) is 0 Å². The summed E-state index contributed by atoms with van der Waals surface area (Å²) in [7, 11) is 3.92. The zero-order chi connectivity index (χ0) is 32.0. The first-order chi connectivity index (χ1) is 20.7. The number of allylic oxidation sites excluding steroid dienone is 1. The van der Waals surface area contributed by atoms with Crippen LogP contribution >= 0.6 is 0 Å². The summed E-state index contributed by atoms with van der Waals surface area (Å²) in [6.07, 6.45) is -1.29. The number of nitrogens with zero attached hydrogens (tertiary/aromatic N) is 4. The van der Waals surface area contributed by atoms with E-state index in [0.717, 1.165) is 38.1 Å². The highest BCUT2D eigenvalue weighted by Crippen LogP contribution is 2.47. The zero-order valence-corrected chi connectivity index (χ0v) is 25.3. The molecule has 3 aromatic rings. The number of hydrogen-bond acceptors (Lipinski definition) is 9. The lowest BCUT2D eigenvalue weighted by Crippen LogP contribution is -2.28. The van der Waals surface area contributed by atoms with Crippen molar-refractivity contribution in [1.82, 2.24) is 25.2 Å². The lowest BCUT2D eigenvalue weighted by atomic mass is 9.96. The molecule has 1 aromatic carbocycles. The van der Waals surface area contributed by atoms with Crippen LogP contribution in [-0.4, -0.2) is 66.3 Å². The minimum Gasteiger partial charge on any atom is -0.474 e. The van der Waals surface area contributed by atoms with Crippen molar-refractivity contribution < 1.29 is 31.4 Å². The van der Waals surface area contributed by atoms with Gasteiger partial charge in [-0.15, -0.1) is 0 Å². The maximum Gasteiger partial charge on any atom is 0.417 e. The Kier molecular flexibility index (Phi) is 8.49. The lowest BCUT2D eigenvalue weighted by Gasteiger charge is -2.22. The fourth-order valence-corrected chi connectivity index (χ4v) is 5.49. The van der Waals surface area contributed by atoms with Gasteiger partial charge in [-0.2, -0.15) is 23.1 Å².